The highest BCUT2D eigenvalue weighted by atomic mass is 19.4. The Labute approximate surface area is 143 Å². The molecule has 0 atom stereocenters. The maximum Gasteiger partial charge on any atom is 0.573 e. The van der Waals surface area contributed by atoms with Crippen molar-refractivity contribution in [2.45, 2.75) is 12.9 Å². The Balaban J connectivity index is 1.96. The van der Waals surface area contributed by atoms with Gasteiger partial charge in [-0.3, -0.25) is 0 Å². The summed E-state index contributed by atoms with van der Waals surface area (Å²) in [7, 11) is 3.07. The van der Waals surface area contributed by atoms with Gasteiger partial charge in [-0.2, -0.15) is 0 Å². The molecule has 0 aliphatic rings. The smallest absolute Gasteiger partial charge is 0.495 e. The summed E-state index contributed by atoms with van der Waals surface area (Å²) in [6, 6.07) is 11.9. The monoisotopic (exact) mass is 354 g/mol. The Morgan fingerprint density at radius 2 is 1.76 bits per heavy atom. The van der Waals surface area contributed by atoms with E-state index in [-0.39, 0.29) is 18.3 Å². The van der Waals surface area contributed by atoms with Crippen molar-refractivity contribution in [2.24, 2.45) is 0 Å². The van der Waals surface area contributed by atoms with Gasteiger partial charge in [0, 0.05) is 13.6 Å². The first-order valence-corrected chi connectivity index (χ1v) is 7.28. The number of alkyl halides is 3. The number of benzene rings is 2. The molecule has 0 fully saturated rings. The summed E-state index contributed by atoms with van der Waals surface area (Å²) in [6.07, 6.45) is -4.73. The van der Waals surface area contributed by atoms with E-state index in [0.717, 1.165) is 0 Å². The van der Waals surface area contributed by atoms with Crippen molar-refractivity contribution >= 4 is 11.7 Å². The molecule has 0 saturated carbocycles. The zero-order valence-corrected chi connectivity index (χ0v) is 13.6. The summed E-state index contributed by atoms with van der Waals surface area (Å²) < 4.78 is 45.4. The van der Waals surface area contributed by atoms with Gasteiger partial charge in [0.1, 0.15) is 11.5 Å². The third kappa shape index (κ3) is 5.59. The molecule has 0 aliphatic carbocycles. The highest BCUT2D eigenvalue weighted by molar-refractivity contribution is 5.90. The number of anilines is 1. The molecule has 0 heterocycles. The lowest BCUT2D eigenvalue weighted by molar-refractivity contribution is -0.274. The van der Waals surface area contributed by atoms with Crippen LogP contribution in [0.5, 0.6) is 11.5 Å². The predicted octanol–water partition coefficient (Wildman–Crippen LogP) is 4.26. The van der Waals surface area contributed by atoms with Crippen LogP contribution in [0.4, 0.5) is 23.7 Å². The number of nitrogens with one attached hydrogen (secondary N) is 1. The molecule has 2 rings (SSSR count). The summed E-state index contributed by atoms with van der Waals surface area (Å²) in [4.78, 5) is 13.6. The summed E-state index contributed by atoms with van der Waals surface area (Å²) in [5, 5.41) is 2.71. The number of para-hydroxylation sites is 2. The second kappa shape index (κ2) is 7.78. The van der Waals surface area contributed by atoms with Crippen molar-refractivity contribution in [3.63, 3.8) is 0 Å². The van der Waals surface area contributed by atoms with Crippen molar-refractivity contribution < 1.29 is 27.4 Å². The Morgan fingerprint density at radius 3 is 2.36 bits per heavy atom. The van der Waals surface area contributed by atoms with Crippen LogP contribution in [0.3, 0.4) is 0 Å². The fourth-order valence-electron chi connectivity index (χ4n) is 2.10. The zero-order valence-electron chi connectivity index (χ0n) is 13.6. The number of hydrogen-bond donors (Lipinski definition) is 1. The van der Waals surface area contributed by atoms with Crippen molar-refractivity contribution in [1.29, 1.82) is 0 Å². The first kappa shape index (κ1) is 18.4. The van der Waals surface area contributed by atoms with Gasteiger partial charge in [-0.25, -0.2) is 4.79 Å². The highest BCUT2D eigenvalue weighted by Gasteiger charge is 2.30. The predicted molar refractivity (Wildman–Crippen MR) is 86.6 cm³/mol. The van der Waals surface area contributed by atoms with Crippen LogP contribution in [0.2, 0.25) is 0 Å². The van der Waals surface area contributed by atoms with Crippen LogP contribution in [-0.2, 0) is 6.54 Å². The molecule has 134 valence electrons. The lowest BCUT2D eigenvalue weighted by Gasteiger charge is -2.19. The van der Waals surface area contributed by atoms with E-state index in [4.69, 9.17) is 4.74 Å². The molecule has 0 aliphatic heterocycles. The number of hydrogen-bond acceptors (Lipinski definition) is 3. The Kier molecular flexibility index (Phi) is 5.74. The molecule has 0 aromatic heterocycles. The van der Waals surface area contributed by atoms with Gasteiger partial charge in [-0.1, -0.05) is 24.3 Å². The van der Waals surface area contributed by atoms with Crippen molar-refractivity contribution in [3.05, 3.63) is 54.1 Å². The molecule has 0 saturated heterocycles. The molecule has 0 spiro atoms. The normalized spacial score (nSPS) is 10.9. The van der Waals surface area contributed by atoms with Crippen LogP contribution < -0.4 is 14.8 Å². The molecule has 2 amide bonds. The second-order valence-electron chi connectivity index (χ2n) is 5.18. The van der Waals surface area contributed by atoms with E-state index < -0.39 is 6.36 Å². The largest absolute Gasteiger partial charge is 0.573 e. The number of methoxy groups -OCH3 is 1. The third-order valence-corrected chi connectivity index (χ3v) is 3.27. The lowest BCUT2D eigenvalue weighted by atomic mass is 10.2. The van der Waals surface area contributed by atoms with Crippen molar-refractivity contribution in [1.82, 2.24) is 4.90 Å². The number of nitrogens with zero attached hydrogens (tertiary/aromatic N) is 1. The van der Waals surface area contributed by atoms with Crippen LogP contribution in [0.15, 0.2) is 48.5 Å². The van der Waals surface area contributed by atoms with Crippen molar-refractivity contribution in [3.8, 4) is 11.5 Å². The molecule has 8 heteroatoms. The van der Waals surface area contributed by atoms with E-state index in [1.807, 2.05) is 0 Å². The number of urea groups is 1. The number of carbonyl (C=O) groups is 1. The van der Waals surface area contributed by atoms with Gasteiger partial charge < -0.3 is 19.7 Å². The standard InChI is InChI=1S/C17H17F3N2O3/c1-22(16(23)21-14-5-3-4-6-15(14)24-2)11-12-7-9-13(10-8-12)25-17(18,19)20/h3-10H,11H2,1-2H3,(H,21,23). The summed E-state index contributed by atoms with van der Waals surface area (Å²) >= 11 is 0. The quantitative estimate of drug-likeness (QED) is 0.873. The highest BCUT2D eigenvalue weighted by Crippen LogP contribution is 2.24. The lowest BCUT2D eigenvalue weighted by Crippen LogP contribution is -2.30. The van der Waals surface area contributed by atoms with Crippen LogP contribution in [0.25, 0.3) is 0 Å². The van der Waals surface area contributed by atoms with E-state index in [1.165, 1.54) is 36.3 Å². The van der Waals surface area contributed by atoms with Crippen molar-refractivity contribution in [2.75, 3.05) is 19.5 Å². The molecular formula is C17H17F3N2O3. The van der Waals surface area contributed by atoms with Gasteiger partial charge in [0.05, 0.1) is 12.8 Å². The molecule has 2 aromatic rings. The first-order valence-electron chi connectivity index (χ1n) is 7.28. The molecule has 2 aromatic carbocycles. The van der Waals surface area contributed by atoms with Gasteiger partial charge in [-0.05, 0) is 29.8 Å². The molecule has 5 nitrogen and oxygen atoms in total. The van der Waals surface area contributed by atoms with E-state index >= 15 is 0 Å². The number of rotatable bonds is 5. The number of halogens is 3. The number of ether oxygens (including phenoxy) is 2. The average molecular weight is 354 g/mol. The van der Waals surface area contributed by atoms with Gasteiger partial charge >= 0.3 is 12.4 Å². The Bertz CT molecular complexity index is 718. The minimum atomic E-state index is -4.73. The second-order valence-corrected chi connectivity index (χ2v) is 5.18. The molecule has 0 bridgehead atoms. The van der Waals surface area contributed by atoms with Crippen LogP contribution in [0.1, 0.15) is 5.56 Å². The van der Waals surface area contributed by atoms with E-state index in [1.54, 1.807) is 31.3 Å². The number of carbonyl (C=O) groups excluding carboxylic acids is 1. The van der Waals surface area contributed by atoms with Gasteiger partial charge in [0.2, 0.25) is 0 Å². The molecular weight excluding hydrogens is 337 g/mol. The minimum absolute atomic E-state index is 0.216. The molecule has 0 unspecified atom stereocenters. The average Bonchev–Trinajstić information content (AvgIpc) is 2.55. The molecule has 1 N–H and O–H groups in total. The Morgan fingerprint density at radius 1 is 1.12 bits per heavy atom. The summed E-state index contributed by atoms with van der Waals surface area (Å²) in [5.74, 6) is 0.218. The molecule has 25 heavy (non-hydrogen) atoms. The fraction of sp³-hybridized carbons (Fsp3) is 0.235. The maximum absolute atomic E-state index is 12.2. The summed E-state index contributed by atoms with van der Waals surface area (Å²) in [5.41, 5.74) is 1.18. The fourth-order valence-corrected chi connectivity index (χ4v) is 2.10. The molecule has 0 radical (unpaired) electrons. The zero-order chi connectivity index (χ0) is 18.4. The topological polar surface area (TPSA) is 50.8 Å². The minimum Gasteiger partial charge on any atom is -0.495 e. The van der Waals surface area contributed by atoms with Gasteiger partial charge in [0.25, 0.3) is 0 Å². The summed E-state index contributed by atoms with van der Waals surface area (Å²) in [6.45, 7) is 0.216. The van der Waals surface area contributed by atoms with E-state index in [2.05, 4.69) is 10.1 Å². The van der Waals surface area contributed by atoms with Crippen LogP contribution in [0, 0.1) is 0 Å². The van der Waals surface area contributed by atoms with E-state index in [0.29, 0.717) is 17.0 Å². The van der Waals surface area contributed by atoms with Gasteiger partial charge in [0.15, 0.2) is 0 Å². The maximum atomic E-state index is 12.2. The SMILES string of the molecule is COc1ccccc1NC(=O)N(C)Cc1ccc(OC(F)(F)F)cc1. The van der Waals surface area contributed by atoms with Crippen LogP contribution >= 0.6 is 0 Å². The third-order valence-electron chi connectivity index (χ3n) is 3.27. The van der Waals surface area contributed by atoms with E-state index in [9.17, 15) is 18.0 Å². The first-order chi connectivity index (χ1) is 11.8. The van der Waals surface area contributed by atoms with Gasteiger partial charge in [-0.15, -0.1) is 13.2 Å². The van der Waals surface area contributed by atoms with Crippen LogP contribution in [-0.4, -0.2) is 31.5 Å². The Hall–Kier alpha value is -2.90. The number of amides is 2.